The fourth-order valence-electron chi connectivity index (χ4n) is 4.16. The molecule has 8 heteroatoms. The number of nitrogens with zero attached hydrogens (tertiary/aromatic N) is 1. The first kappa shape index (κ1) is 21.4. The lowest BCUT2D eigenvalue weighted by Crippen LogP contribution is -2.17. The lowest BCUT2D eigenvalue weighted by molar-refractivity contribution is -0.138. The molecular weight excluding hydrogens is 409 g/mol. The number of benzene rings is 2. The summed E-state index contributed by atoms with van der Waals surface area (Å²) in [5.74, 6) is -0.778. The molecule has 4 rings (SSSR count). The molecule has 0 spiro atoms. The van der Waals surface area contributed by atoms with Crippen molar-refractivity contribution in [2.45, 2.75) is 50.7 Å². The van der Waals surface area contributed by atoms with E-state index in [0.717, 1.165) is 37.3 Å². The fourth-order valence-corrected chi connectivity index (χ4v) is 4.16. The van der Waals surface area contributed by atoms with E-state index in [9.17, 15) is 18.0 Å². The number of rotatable bonds is 7. The van der Waals surface area contributed by atoms with Crippen LogP contribution in [-0.2, 0) is 17.5 Å². The minimum atomic E-state index is -4.44. The predicted octanol–water partition coefficient (Wildman–Crippen LogP) is 5.74. The first-order valence-electron chi connectivity index (χ1n) is 10.3. The fraction of sp³-hybridized carbons (Fsp3) is 0.391. The molecule has 31 heavy (non-hydrogen) atoms. The second-order valence-electron chi connectivity index (χ2n) is 7.92. The maximum absolute atomic E-state index is 13.8. The average molecular weight is 432 g/mol. The molecule has 0 atom stereocenters. The van der Waals surface area contributed by atoms with Crippen molar-refractivity contribution in [1.82, 2.24) is 10.3 Å². The number of carboxylic acid groups (broad SMARTS) is 1. The number of aliphatic carboxylic acids is 1. The molecule has 1 aromatic heterocycles. The van der Waals surface area contributed by atoms with E-state index in [1.54, 1.807) is 24.3 Å². The van der Waals surface area contributed by atoms with Crippen molar-refractivity contribution in [3.05, 3.63) is 53.1 Å². The summed E-state index contributed by atoms with van der Waals surface area (Å²) in [6, 6.07) is 9.70. The second kappa shape index (κ2) is 8.70. The first-order chi connectivity index (χ1) is 14.8. The van der Waals surface area contributed by atoms with E-state index in [1.807, 2.05) is 6.07 Å². The summed E-state index contributed by atoms with van der Waals surface area (Å²) < 4.78 is 47.0. The van der Waals surface area contributed by atoms with Gasteiger partial charge in [0, 0.05) is 18.7 Å². The van der Waals surface area contributed by atoms with Crippen LogP contribution in [0.4, 0.5) is 13.2 Å². The van der Waals surface area contributed by atoms with E-state index in [0.29, 0.717) is 35.3 Å². The Bertz CT molecular complexity index is 1090. The summed E-state index contributed by atoms with van der Waals surface area (Å²) in [6.45, 7) is 0.788. The second-order valence-corrected chi connectivity index (χ2v) is 7.92. The Morgan fingerprint density at radius 3 is 2.65 bits per heavy atom. The molecule has 0 amide bonds. The van der Waals surface area contributed by atoms with Gasteiger partial charge in [-0.1, -0.05) is 25.0 Å². The highest BCUT2D eigenvalue weighted by Crippen LogP contribution is 2.43. The smallest absolute Gasteiger partial charge is 0.416 e. The third kappa shape index (κ3) is 4.90. The van der Waals surface area contributed by atoms with Crippen molar-refractivity contribution in [1.29, 1.82) is 0 Å². The van der Waals surface area contributed by atoms with Gasteiger partial charge < -0.3 is 14.8 Å². The van der Waals surface area contributed by atoms with Gasteiger partial charge in [-0.2, -0.15) is 13.2 Å². The molecule has 3 aromatic rings. The van der Waals surface area contributed by atoms with Gasteiger partial charge in [-0.25, -0.2) is 4.98 Å². The largest absolute Gasteiger partial charge is 0.481 e. The molecule has 5 nitrogen and oxygen atoms in total. The van der Waals surface area contributed by atoms with Crippen molar-refractivity contribution in [3.63, 3.8) is 0 Å². The number of nitrogens with one attached hydrogen (secondary N) is 1. The molecule has 2 aromatic carbocycles. The Labute approximate surface area is 177 Å². The molecule has 0 radical (unpaired) electrons. The number of aromatic nitrogens is 1. The summed E-state index contributed by atoms with van der Waals surface area (Å²) in [7, 11) is 0. The SMILES string of the molecule is O=C(O)CCNCc1ccc2nc(-c3ccc(C4CCCC4)c(C(F)(F)F)c3)oc2c1. The highest BCUT2D eigenvalue weighted by molar-refractivity contribution is 5.77. The standard InChI is InChI=1S/C23H23F3N2O3/c24-23(25,26)18-12-16(6-7-17(18)15-3-1-2-4-15)22-28-19-8-5-14(11-20(19)31-22)13-27-10-9-21(29)30/h5-8,11-12,15,27H,1-4,9-10,13H2,(H,29,30). The highest BCUT2D eigenvalue weighted by Gasteiger charge is 2.36. The molecule has 0 saturated heterocycles. The number of halogens is 3. The van der Waals surface area contributed by atoms with Crippen LogP contribution in [0.15, 0.2) is 40.8 Å². The van der Waals surface area contributed by atoms with Crippen LogP contribution in [0.3, 0.4) is 0 Å². The summed E-state index contributed by atoms with van der Waals surface area (Å²) >= 11 is 0. The zero-order valence-corrected chi connectivity index (χ0v) is 16.8. The van der Waals surface area contributed by atoms with Crippen molar-refractivity contribution >= 4 is 17.1 Å². The van der Waals surface area contributed by atoms with Crippen LogP contribution in [0.25, 0.3) is 22.6 Å². The number of fused-ring (bicyclic) bond motifs is 1. The quantitative estimate of drug-likeness (QED) is 0.466. The molecule has 1 saturated carbocycles. The van der Waals surface area contributed by atoms with Crippen LogP contribution in [0, 0.1) is 0 Å². The zero-order chi connectivity index (χ0) is 22.0. The van der Waals surface area contributed by atoms with Gasteiger partial charge in [0.05, 0.1) is 12.0 Å². The monoisotopic (exact) mass is 432 g/mol. The van der Waals surface area contributed by atoms with Gasteiger partial charge in [0.2, 0.25) is 5.89 Å². The van der Waals surface area contributed by atoms with Crippen molar-refractivity contribution in [2.24, 2.45) is 0 Å². The van der Waals surface area contributed by atoms with Gasteiger partial charge in [-0.15, -0.1) is 0 Å². The molecule has 164 valence electrons. The molecule has 0 bridgehead atoms. The van der Waals surface area contributed by atoms with E-state index < -0.39 is 17.7 Å². The Morgan fingerprint density at radius 2 is 1.94 bits per heavy atom. The highest BCUT2D eigenvalue weighted by atomic mass is 19.4. The van der Waals surface area contributed by atoms with Crippen molar-refractivity contribution in [2.75, 3.05) is 6.54 Å². The van der Waals surface area contributed by atoms with E-state index >= 15 is 0 Å². The van der Waals surface area contributed by atoms with Crippen LogP contribution in [0.5, 0.6) is 0 Å². The van der Waals surface area contributed by atoms with Crippen LogP contribution < -0.4 is 5.32 Å². The number of hydrogen-bond acceptors (Lipinski definition) is 4. The number of carbonyl (C=O) groups is 1. The number of hydrogen-bond donors (Lipinski definition) is 2. The van der Waals surface area contributed by atoms with Gasteiger partial charge in [0.1, 0.15) is 5.52 Å². The molecule has 1 aliphatic rings. The van der Waals surface area contributed by atoms with Crippen LogP contribution in [0.1, 0.15) is 54.7 Å². The van der Waals surface area contributed by atoms with Crippen LogP contribution in [-0.4, -0.2) is 22.6 Å². The number of oxazole rings is 1. The van der Waals surface area contributed by atoms with Crippen molar-refractivity contribution in [3.8, 4) is 11.5 Å². The van der Waals surface area contributed by atoms with Crippen LogP contribution in [0.2, 0.25) is 0 Å². The summed E-state index contributed by atoms with van der Waals surface area (Å²) in [6.07, 6.45) is -0.921. The summed E-state index contributed by atoms with van der Waals surface area (Å²) in [5, 5.41) is 11.7. The van der Waals surface area contributed by atoms with E-state index in [2.05, 4.69) is 10.3 Å². The molecule has 2 N–H and O–H groups in total. The Kier molecular flexibility index (Phi) is 6.00. The average Bonchev–Trinajstić information content (AvgIpc) is 3.39. The Hall–Kier alpha value is -2.87. The van der Waals surface area contributed by atoms with Gasteiger partial charge in [-0.05, 0) is 54.2 Å². The molecule has 1 heterocycles. The molecule has 1 fully saturated rings. The van der Waals surface area contributed by atoms with E-state index in [1.165, 1.54) is 0 Å². The minimum absolute atomic E-state index is 0.0209. The maximum Gasteiger partial charge on any atom is 0.416 e. The normalized spacial score (nSPS) is 15.1. The minimum Gasteiger partial charge on any atom is -0.481 e. The first-order valence-corrected chi connectivity index (χ1v) is 10.3. The third-order valence-electron chi connectivity index (χ3n) is 5.70. The lowest BCUT2D eigenvalue weighted by atomic mass is 9.91. The summed E-state index contributed by atoms with van der Waals surface area (Å²) in [4.78, 5) is 14.9. The summed E-state index contributed by atoms with van der Waals surface area (Å²) in [5.41, 5.74) is 1.94. The topological polar surface area (TPSA) is 75.4 Å². The predicted molar refractivity (Wildman–Crippen MR) is 110 cm³/mol. The van der Waals surface area contributed by atoms with Gasteiger partial charge >= 0.3 is 12.1 Å². The molecular formula is C23H23F3N2O3. The Morgan fingerprint density at radius 1 is 1.16 bits per heavy atom. The Balaban J connectivity index is 1.59. The van der Waals surface area contributed by atoms with Crippen molar-refractivity contribution < 1.29 is 27.5 Å². The molecule has 0 aliphatic heterocycles. The van der Waals surface area contributed by atoms with Gasteiger partial charge in [-0.3, -0.25) is 4.79 Å². The van der Waals surface area contributed by atoms with Crippen LogP contribution >= 0.6 is 0 Å². The third-order valence-corrected chi connectivity index (χ3v) is 5.70. The number of carboxylic acids is 1. The lowest BCUT2D eigenvalue weighted by Gasteiger charge is -2.18. The maximum atomic E-state index is 13.8. The molecule has 1 aliphatic carbocycles. The van der Waals surface area contributed by atoms with Gasteiger partial charge in [0.15, 0.2) is 5.58 Å². The van der Waals surface area contributed by atoms with E-state index in [-0.39, 0.29) is 18.2 Å². The molecule has 0 unspecified atom stereocenters. The zero-order valence-electron chi connectivity index (χ0n) is 16.8. The van der Waals surface area contributed by atoms with Gasteiger partial charge in [0.25, 0.3) is 0 Å². The number of alkyl halides is 3. The van der Waals surface area contributed by atoms with E-state index in [4.69, 9.17) is 9.52 Å².